The van der Waals surface area contributed by atoms with Crippen LogP contribution in [0.15, 0.2) is 24.3 Å². The Kier molecular flexibility index (Phi) is 4.43. The molecule has 0 spiro atoms. The third-order valence-corrected chi connectivity index (χ3v) is 6.52. The first-order chi connectivity index (χ1) is 8.88. The molecule has 2 rings (SSSR count). The molecular formula is C13H19NO3S2. The van der Waals surface area contributed by atoms with Gasteiger partial charge in [0.25, 0.3) is 0 Å². The summed E-state index contributed by atoms with van der Waals surface area (Å²) in [5, 5.41) is -0.142. The molecule has 19 heavy (non-hydrogen) atoms. The van der Waals surface area contributed by atoms with Crippen LogP contribution in [0.2, 0.25) is 0 Å². The highest BCUT2D eigenvalue weighted by atomic mass is 32.2. The van der Waals surface area contributed by atoms with Crippen LogP contribution in [-0.4, -0.2) is 35.6 Å². The SMILES string of the molecule is CS(=O)(=O)CCS(=O)C1CCc2ccccc2C1N. The molecule has 0 aliphatic heterocycles. The topological polar surface area (TPSA) is 77.2 Å². The molecule has 1 aliphatic rings. The van der Waals surface area contributed by atoms with Crippen LogP contribution >= 0.6 is 0 Å². The Labute approximate surface area is 116 Å². The van der Waals surface area contributed by atoms with Crippen molar-refractivity contribution in [2.24, 2.45) is 5.73 Å². The van der Waals surface area contributed by atoms with Gasteiger partial charge in [0.1, 0.15) is 9.84 Å². The molecule has 0 amide bonds. The number of hydrogen-bond acceptors (Lipinski definition) is 4. The number of benzene rings is 1. The minimum atomic E-state index is -3.07. The Hall–Kier alpha value is -0.720. The summed E-state index contributed by atoms with van der Waals surface area (Å²) in [5.41, 5.74) is 8.45. The van der Waals surface area contributed by atoms with E-state index in [4.69, 9.17) is 5.73 Å². The summed E-state index contributed by atoms with van der Waals surface area (Å²) in [5.74, 6) is 0.143. The van der Waals surface area contributed by atoms with Gasteiger partial charge in [-0.25, -0.2) is 8.42 Å². The van der Waals surface area contributed by atoms with Crippen LogP contribution in [0.1, 0.15) is 23.6 Å². The molecule has 0 aromatic heterocycles. The molecule has 0 heterocycles. The summed E-state index contributed by atoms with van der Waals surface area (Å²) in [6.07, 6.45) is 2.79. The average Bonchev–Trinajstić information content (AvgIpc) is 2.36. The van der Waals surface area contributed by atoms with Crippen LogP contribution < -0.4 is 5.73 Å². The van der Waals surface area contributed by atoms with Gasteiger partial charge in [-0.1, -0.05) is 24.3 Å². The second kappa shape index (κ2) is 5.73. The molecule has 2 N–H and O–H groups in total. The second-order valence-corrected chi connectivity index (χ2v) is 9.05. The normalized spacial score (nSPS) is 24.7. The van der Waals surface area contributed by atoms with Crippen molar-refractivity contribution >= 4 is 20.6 Å². The van der Waals surface area contributed by atoms with Crippen molar-refractivity contribution in [1.82, 2.24) is 0 Å². The number of nitrogens with two attached hydrogens (primary N) is 1. The zero-order valence-corrected chi connectivity index (χ0v) is 12.5. The maximum atomic E-state index is 12.2. The summed E-state index contributed by atoms with van der Waals surface area (Å²) in [6.45, 7) is 0. The summed E-state index contributed by atoms with van der Waals surface area (Å²) in [6, 6.07) is 7.67. The molecule has 3 atom stereocenters. The third kappa shape index (κ3) is 3.64. The summed E-state index contributed by atoms with van der Waals surface area (Å²) < 4.78 is 34.5. The first kappa shape index (κ1) is 14.7. The van der Waals surface area contributed by atoms with Crippen molar-refractivity contribution < 1.29 is 12.6 Å². The molecule has 0 saturated heterocycles. The highest BCUT2D eigenvalue weighted by molar-refractivity contribution is 7.92. The lowest BCUT2D eigenvalue weighted by Crippen LogP contribution is -2.36. The zero-order chi connectivity index (χ0) is 14.0. The van der Waals surface area contributed by atoms with E-state index in [1.807, 2.05) is 24.3 Å². The van der Waals surface area contributed by atoms with Crippen LogP contribution in [0, 0.1) is 0 Å². The van der Waals surface area contributed by atoms with Gasteiger partial charge in [-0.15, -0.1) is 0 Å². The Morgan fingerprint density at radius 3 is 2.74 bits per heavy atom. The Morgan fingerprint density at radius 2 is 2.05 bits per heavy atom. The number of fused-ring (bicyclic) bond motifs is 1. The fraction of sp³-hybridized carbons (Fsp3) is 0.538. The highest BCUT2D eigenvalue weighted by Gasteiger charge is 2.30. The molecule has 0 fully saturated rings. The van der Waals surface area contributed by atoms with E-state index in [1.165, 1.54) is 11.8 Å². The van der Waals surface area contributed by atoms with Crippen molar-refractivity contribution in [2.45, 2.75) is 24.1 Å². The maximum absolute atomic E-state index is 12.2. The first-order valence-corrected chi connectivity index (χ1v) is 9.71. The van der Waals surface area contributed by atoms with Crippen LogP contribution in [0.5, 0.6) is 0 Å². The molecule has 0 bridgehead atoms. The van der Waals surface area contributed by atoms with Crippen molar-refractivity contribution in [3.8, 4) is 0 Å². The number of hydrogen-bond donors (Lipinski definition) is 1. The molecule has 1 aromatic rings. The average molecular weight is 301 g/mol. The van der Waals surface area contributed by atoms with Crippen molar-refractivity contribution in [2.75, 3.05) is 17.8 Å². The molecule has 3 unspecified atom stereocenters. The van der Waals surface area contributed by atoms with Gasteiger partial charge in [-0.05, 0) is 24.0 Å². The van der Waals surface area contributed by atoms with Gasteiger partial charge in [0, 0.05) is 28.9 Å². The van der Waals surface area contributed by atoms with Crippen molar-refractivity contribution in [1.29, 1.82) is 0 Å². The van der Waals surface area contributed by atoms with Gasteiger partial charge < -0.3 is 5.73 Å². The predicted molar refractivity (Wildman–Crippen MR) is 78.2 cm³/mol. The van der Waals surface area contributed by atoms with Crippen LogP contribution in [0.25, 0.3) is 0 Å². The molecule has 4 nitrogen and oxygen atoms in total. The molecule has 0 radical (unpaired) electrons. The van der Waals surface area contributed by atoms with E-state index in [2.05, 4.69) is 0 Å². The molecule has 6 heteroatoms. The van der Waals surface area contributed by atoms with Gasteiger partial charge in [-0.2, -0.15) is 0 Å². The van der Waals surface area contributed by atoms with Crippen LogP contribution in [-0.2, 0) is 27.1 Å². The van der Waals surface area contributed by atoms with E-state index in [9.17, 15) is 12.6 Å². The Morgan fingerprint density at radius 1 is 1.37 bits per heavy atom. The lowest BCUT2D eigenvalue weighted by atomic mass is 9.88. The summed E-state index contributed by atoms with van der Waals surface area (Å²) in [4.78, 5) is 0. The fourth-order valence-electron chi connectivity index (χ4n) is 2.44. The molecule has 1 aliphatic carbocycles. The van der Waals surface area contributed by atoms with E-state index in [1.54, 1.807) is 0 Å². The molecule has 0 saturated carbocycles. The number of sulfone groups is 1. The third-order valence-electron chi connectivity index (χ3n) is 3.51. The second-order valence-electron chi connectivity index (χ2n) is 5.02. The van der Waals surface area contributed by atoms with Gasteiger partial charge in [-0.3, -0.25) is 4.21 Å². The predicted octanol–water partition coefficient (Wildman–Crippen LogP) is 0.794. The highest BCUT2D eigenvalue weighted by Crippen LogP contribution is 2.31. The number of aryl methyl sites for hydroxylation is 1. The van der Waals surface area contributed by atoms with Crippen LogP contribution in [0.3, 0.4) is 0 Å². The zero-order valence-electron chi connectivity index (χ0n) is 10.9. The van der Waals surface area contributed by atoms with E-state index in [0.29, 0.717) is 0 Å². The van der Waals surface area contributed by atoms with Crippen molar-refractivity contribution in [3.63, 3.8) is 0 Å². The summed E-state index contributed by atoms with van der Waals surface area (Å²) >= 11 is 0. The maximum Gasteiger partial charge on any atom is 0.148 e. The quantitative estimate of drug-likeness (QED) is 0.892. The lowest BCUT2D eigenvalue weighted by Gasteiger charge is -2.30. The first-order valence-electron chi connectivity index (χ1n) is 6.27. The van der Waals surface area contributed by atoms with Gasteiger partial charge in [0.05, 0.1) is 11.0 Å². The minimum Gasteiger partial charge on any atom is -0.323 e. The van der Waals surface area contributed by atoms with E-state index in [0.717, 1.165) is 18.4 Å². The Bertz CT molecular complexity index is 583. The standard InChI is InChI=1S/C13H19NO3S2/c1-19(16,17)9-8-18(15)12-7-6-10-4-2-3-5-11(10)13(12)14/h2-5,12-13H,6-9,14H2,1H3. The van der Waals surface area contributed by atoms with Crippen molar-refractivity contribution in [3.05, 3.63) is 35.4 Å². The van der Waals surface area contributed by atoms with Gasteiger partial charge in [0.2, 0.25) is 0 Å². The summed E-state index contributed by atoms with van der Waals surface area (Å²) in [7, 11) is -4.26. The fourth-order valence-corrected chi connectivity index (χ4v) is 5.47. The largest absolute Gasteiger partial charge is 0.323 e. The Balaban J connectivity index is 2.09. The molecular weight excluding hydrogens is 282 g/mol. The molecule has 106 valence electrons. The van der Waals surface area contributed by atoms with E-state index in [-0.39, 0.29) is 22.8 Å². The number of rotatable bonds is 4. The van der Waals surface area contributed by atoms with Crippen LogP contribution in [0.4, 0.5) is 0 Å². The van der Waals surface area contributed by atoms with E-state index >= 15 is 0 Å². The minimum absolute atomic E-state index is 0.0372. The van der Waals surface area contributed by atoms with Gasteiger partial charge >= 0.3 is 0 Å². The van der Waals surface area contributed by atoms with Gasteiger partial charge in [0.15, 0.2) is 0 Å². The lowest BCUT2D eigenvalue weighted by molar-refractivity contribution is 0.563. The molecule has 1 aromatic carbocycles. The monoisotopic (exact) mass is 301 g/mol. The van der Waals surface area contributed by atoms with E-state index < -0.39 is 20.6 Å². The smallest absolute Gasteiger partial charge is 0.148 e.